The maximum atomic E-state index is 11.8. The van der Waals surface area contributed by atoms with Gasteiger partial charge >= 0.3 is 11.5 Å². The fourth-order valence-electron chi connectivity index (χ4n) is 1.83. The number of rotatable bonds is 6. The molecule has 0 saturated heterocycles. The molecule has 0 aliphatic rings. The van der Waals surface area contributed by atoms with Gasteiger partial charge in [-0.2, -0.15) is 0 Å². The van der Waals surface area contributed by atoms with E-state index in [4.69, 9.17) is 4.74 Å². The van der Waals surface area contributed by atoms with Gasteiger partial charge < -0.3 is 20.0 Å². The monoisotopic (exact) mass is 311 g/mol. The van der Waals surface area contributed by atoms with Crippen LogP contribution >= 0.6 is 0 Å². The number of nitro groups is 1. The highest BCUT2D eigenvalue weighted by Crippen LogP contribution is 2.09. The van der Waals surface area contributed by atoms with E-state index in [0.717, 1.165) is 21.7 Å². The number of hydrogen-bond acceptors (Lipinski definition) is 7. The SMILES string of the molecule is COCC(O)Cn1cc(-n2cnc([N+](=O)[O-])c2)c(=O)[nH]c1=O. The van der Waals surface area contributed by atoms with E-state index in [9.17, 15) is 24.8 Å². The van der Waals surface area contributed by atoms with Gasteiger partial charge in [0.05, 0.1) is 19.3 Å². The Balaban J connectivity index is 2.41. The van der Waals surface area contributed by atoms with Gasteiger partial charge in [-0.1, -0.05) is 0 Å². The van der Waals surface area contributed by atoms with Crippen LogP contribution in [0.15, 0.2) is 28.3 Å². The van der Waals surface area contributed by atoms with Crippen LogP contribution in [0.25, 0.3) is 5.69 Å². The average Bonchev–Trinajstić information content (AvgIpc) is 2.92. The lowest BCUT2D eigenvalue weighted by atomic mass is 10.3. The largest absolute Gasteiger partial charge is 0.389 e. The first-order chi connectivity index (χ1) is 10.4. The van der Waals surface area contributed by atoms with Crippen LogP contribution in [0, 0.1) is 10.1 Å². The maximum Gasteiger partial charge on any atom is 0.381 e. The predicted molar refractivity (Wildman–Crippen MR) is 73.0 cm³/mol. The second kappa shape index (κ2) is 6.32. The van der Waals surface area contributed by atoms with Crippen LogP contribution in [-0.4, -0.2) is 49.0 Å². The molecule has 2 rings (SSSR count). The van der Waals surface area contributed by atoms with E-state index in [0.29, 0.717) is 0 Å². The number of aromatic amines is 1. The minimum absolute atomic E-state index is 0.0114. The Morgan fingerprint density at radius 1 is 1.50 bits per heavy atom. The highest BCUT2D eigenvalue weighted by atomic mass is 16.6. The summed E-state index contributed by atoms with van der Waals surface area (Å²) < 4.78 is 6.95. The van der Waals surface area contributed by atoms with Crippen LogP contribution in [-0.2, 0) is 11.3 Å². The molecule has 0 amide bonds. The van der Waals surface area contributed by atoms with Gasteiger partial charge in [-0.3, -0.25) is 18.9 Å². The number of aliphatic hydroxyl groups is 1. The lowest BCUT2D eigenvalue weighted by Crippen LogP contribution is -2.35. The summed E-state index contributed by atoms with van der Waals surface area (Å²) in [5.41, 5.74) is -1.47. The number of aliphatic hydroxyl groups excluding tert-OH is 1. The summed E-state index contributed by atoms with van der Waals surface area (Å²) in [5, 5.41) is 20.3. The van der Waals surface area contributed by atoms with Gasteiger partial charge in [0, 0.05) is 13.3 Å². The first-order valence-electron chi connectivity index (χ1n) is 6.12. The summed E-state index contributed by atoms with van der Waals surface area (Å²) in [6, 6.07) is 0. The summed E-state index contributed by atoms with van der Waals surface area (Å²) in [4.78, 5) is 39.0. The smallest absolute Gasteiger partial charge is 0.381 e. The zero-order chi connectivity index (χ0) is 16.3. The third kappa shape index (κ3) is 3.27. The minimum atomic E-state index is -0.946. The van der Waals surface area contributed by atoms with Crippen molar-refractivity contribution in [2.75, 3.05) is 13.7 Å². The lowest BCUT2D eigenvalue weighted by molar-refractivity contribution is -0.389. The van der Waals surface area contributed by atoms with Gasteiger partial charge in [0.2, 0.25) is 6.33 Å². The number of imidazole rings is 1. The average molecular weight is 311 g/mol. The van der Waals surface area contributed by atoms with E-state index in [-0.39, 0.29) is 18.8 Å². The molecule has 0 bridgehead atoms. The molecule has 1 atom stereocenters. The fourth-order valence-corrected chi connectivity index (χ4v) is 1.83. The number of hydrogen-bond donors (Lipinski definition) is 2. The van der Waals surface area contributed by atoms with Crippen molar-refractivity contribution in [3.8, 4) is 5.69 Å². The molecule has 0 radical (unpaired) electrons. The predicted octanol–water partition coefficient (Wildman–Crippen LogP) is -1.36. The van der Waals surface area contributed by atoms with E-state index in [1.165, 1.54) is 13.3 Å². The van der Waals surface area contributed by atoms with E-state index < -0.39 is 28.1 Å². The van der Waals surface area contributed by atoms with Crippen molar-refractivity contribution >= 4 is 5.82 Å². The molecule has 0 fully saturated rings. The minimum Gasteiger partial charge on any atom is -0.389 e. The van der Waals surface area contributed by atoms with E-state index in [1.54, 1.807) is 0 Å². The maximum absolute atomic E-state index is 11.8. The number of aromatic nitrogens is 4. The Morgan fingerprint density at radius 2 is 2.23 bits per heavy atom. The number of nitrogens with one attached hydrogen (secondary N) is 1. The summed E-state index contributed by atoms with van der Waals surface area (Å²) in [6.07, 6.45) is 2.37. The quantitative estimate of drug-likeness (QED) is 0.494. The Bertz CT molecular complexity index is 791. The second-order valence-corrected chi connectivity index (χ2v) is 4.43. The summed E-state index contributed by atoms with van der Waals surface area (Å²) >= 11 is 0. The van der Waals surface area contributed by atoms with Gasteiger partial charge in [-0.05, 0) is 9.91 Å². The van der Waals surface area contributed by atoms with Crippen molar-refractivity contribution in [1.82, 2.24) is 19.1 Å². The molecule has 1 unspecified atom stereocenters. The van der Waals surface area contributed by atoms with Gasteiger partial charge in [0.1, 0.15) is 11.9 Å². The Morgan fingerprint density at radius 3 is 2.82 bits per heavy atom. The molecule has 0 spiro atoms. The molecule has 118 valence electrons. The van der Waals surface area contributed by atoms with Crippen molar-refractivity contribution in [3.05, 3.63) is 49.7 Å². The molecule has 0 aliphatic heterocycles. The normalized spacial score (nSPS) is 12.3. The van der Waals surface area contributed by atoms with Crippen LogP contribution in [0.4, 0.5) is 5.82 Å². The Labute approximate surface area is 122 Å². The summed E-state index contributed by atoms with van der Waals surface area (Å²) in [7, 11) is 1.40. The highest BCUT2D eigenvalue weighted by molar-refractivity contribution is 5.29. The third-order valence-electron chi connectivity index (χ3n) is 2.79. The number of H-pyrrole nitrogens is 1. The topological polar surface area (TPSA) is 145 Å². The van der Waals surface area contributed by atoms with Gasteiger partial charge in [0.15, 0.2) is 0 Å². The molecule has 11 nitrogen and oxygen atoms in total. The Hall–Kier alpha value is -2.79. The van der Waals surface area contributed by atoms with Crippen molar-refractivity contribution in [3.63, 3.8) is 0 Å². The molecule has 2 N–H and O–H groups in total. The standard InChI is InChI=1S/C11H13N5O6/c1-22-5-7(17)2-14-3-8(10(18)13-11(14)19)15-4-9(12-6-15)16(20)21/h3-4,6-7,17H,2,5H2,1H3,(H,13,18,19). The van der Waals surface area contributed by atoms with Crippen molar-refractivity contribution in [1.29, 1.82) is 0 Å². The lowest BCUT2D eigenvalue weighted by Gasteiger charge is -2.12. The Kier molecular flexibility index (Phi) is 4.48. The zero-order valence-corrected chi connectivity index (χ0v) is 11.5. The molecule has 2 aromatic rings. The van der Waals surface area contributed by atoms with Crippen LogP contribution in [0.1, 0.15) is 0 Å². The summed E-state index contributed by atoms with van der Waals surface area (Å²) in [5.74, 6) is -0.434. The molecule has 0 saturated carbocycles. The zero-order valence-electron chi connectivity index (χ0n) is 11.5. The van der Waals surface area contributed by atoms with E-state index >= 15 is 0 Å². The molecule has 2 heterocycles. The van der Waals surface area contributed by atoms with Crippen molar-refractivity contribution in [2.45, 2.75) is 12.6 Å². The molecular weight excluding hydrogens is 298 g/mol. The molecule has 11 heteroatoms. The van der Waals surface area contributed by atoms with Crippen molar-refractivity contribution < 1.29 is 14.8 Å². The van der Waals surface area contributed by atoms with E-state index in [1.807, 2.05) is 0 Å². The van der Waals surface area contributed by atoms with Crippen LogP contribution in [0.3, 0.4) is 0 Å². The molecule has 0 aliphatic carbocycles. The molecular formula is C11H13N5O6. The van der Waals surface area contributed by atoms with Crippen LogP contribution in [0.2, 0.25) is 0 Å². The van der Waals surface area contributed by atoms with Crippen LogP contribution in [0.5, 0.6) is 0 Å². The van der Waals surface area contributed by atoms with Crippen molar-refractivity contribution in [2.24, 2.45) is 0 Å². The number of ether oxygens (including phenoxy) is 1. The molecule has 0 aromatic carbocycles. The number of nitrogens with zero attached hydrogens (tertiary/aromatic N) is 4. The fraction of sp³-hybridized carbons (Fsp3) is 0.364. The van der Waals surface area contributed by atoms with Gasteiger partial charge in [-0.15, -0.1) is 0 Å². The highest BCUT2D eigenvalue weighted by Gasteiger charge is 2.15. The first-order valence-corrected chi connectivity index (χ1v) is 6.12. The first kappa shape index (κ1) is 15.6. The number of methoxy groups -OCH3 is 1. The van der Waals surface area contributed by atoms with Gasteiger partial charge in [-0.25, -0.2) is 4.79 Å². The summed E-state index contributed by atoms with van der Waals surface area (Å²) in [6.45, 7) is -0.0926. The van der Waals surface area contributed by atoms with Crippen LogP contribution < -0.4 is 11.2 Å². The molecule has 2 aromatic heterocycles. The van der Waals surface area contributed by atoms with Gasteiger partial charge in [0.25, 0.3) is 5.56 Å². The third-order valence-corrected chi connectivity index (χ3v) is 2.79. The molecule has 22 heavy (non-hydrogen) atoms. The van der Waals surface area contributed by atoms with E-state index in [2.05, 4.69) is 9.97 Å². The second-order valence-electron chi connectivity index (χ2n) is 4.43.